The van der Waals surface area contributed by atoms with Gasteiger partial charge in [-0.1, -0.05) is 78.4 Å². The third kappa shape index (κ3) is 7.21. The molecule has 0 saturated carbocycles. The van der Waals surface area contributed by atoms with Crippen LogP contribution in [-0.4, -0.2) is 25.9 Å². The van der Waals surface area contributed by atoms with Gasteiger partial charge in [0.15, 0.2) is 0 Å². The molecule has 0 aliphatic carbocycles. The highest BCUT2D eigenvalue weighted by atomic mass is 35.5. The minimum absolute atomic E-state index is 0. The van der Waals surface area contributed by atoms with Crippen LogP contribution in [0.5, 0.6) is 11.5 Å². The molecule has 0 amide bonds. The summed E-state index contributed by atoms with van der Waals surface area (Å²) in [5, 5.41) is 0. The van der Waals surface area contributed by atoms with E-state index in [-0.39, 0.29) is 12.4 Å². The lowest BCUT2D eigenvalue weighted by Gasteiger charge is -2.28. The van der Waals surface area contributed by atoms with Gasteiger partial charge >= 0.3 is 0 Å². The Balaban J connectivity index is 0.00000387. The number of hydrogen-bond acceptors (Lipinski definition) is 4. The number of anilines is 1. The van der Waals surface area contributed by atoms with Crippen LogP contribution in [0, 0.1) is 6.92 Å². The van der Waals surface area contributed by atoms with Crippen molar-refractivity contribution in [1.29, 1.82) is 0 Å². The van der Waals surface area contributed by atoms with Crippen LogP contribution in [-0.2, 0) is 0 Å². The minimum Gasteiger partial charge on any atom is -0.497 e. The van der Waals surface area contributed by atoms with Crippen LogP contribution in [0.15, 0.2) is 143 Å². The molecule has 0 spiro atoms. The van der Waals surface area contributed by atoms with Crippen LogP contribution >= 0.6 is 12.4 Å². The smallest absolute Gasteiger partial charge is 0.146 e. The van der Waals surface area contributed by atoms with E-state index in [9.17, 15) is 0 Å². The number of nitrogens with zero attached hydrogens (tertiary/aromatic N) is 3. The van der Waals surface area contributed by atoms with Crippen LogP contribution in [0.4, 0.5) is 17.1 Å². The molecule has 0 saturated heterocycles. The fraction of sp³-hybridized carbons (Fsp3) is 0.0857. The van der Waals surface area contributed by atoms with E-state index < -0.39 is 0 Å². The summed E-state index contributed by atoms with van der Waals surface area (Å²) in [6, 6.07) is 44.3. The van der Waals surface area contributed by atoms with Crippen LogP contribution in [0.25, 0.3) is 0 Å². The van der Waals surface area contributed by atoms with E-state index in [1.807, 2.05) is 97.1 Å². The van der Waals surface area contributed by atoms with Gasteiger partial charge in [0.1, 0.15) is 23.2 Å². The Kier molecular flexibility index (Phi) is 9.92. The Morgan fingerprint density at radius 1 is 0.512 bits per heavy atom. The Labute approximate surface area is 247 Å². The second kappa shape index (κ2) is 14.0. The lowest BCUT2D eigenvalue weighted by molar-refractivity contribution is 0.415. The van der Waals surface area contributed by atoms with Gasteiger partial charge in [-0.05, 0) is 67.6 Å². The van der Waals surface area contributed by atoms with E-state index in [0.717, 1.165) is 51.4 Å². The number of benzene rings is 5. The maximum absolute atomic E-state index is 5.47. The van der Waals surface area contributed by atoms with Crippen molar-refractivity contribution in [2.45, 2.75) is 6.92 Å². The number of rotatable bonds is 7. The first-order valence-corrected chi connectivity index (χ1v) is 13.1. The van der Waals surface area contributed by atoms with Gasteiger partial charge in [0.05, 0.1) is 25.6 Å². The first-order valence-electron chi connectivity index (χ1n) is 13.1. The molecule has 0 fully saturated rings. The summed E-state index contributed by atoms with van der Waals surface area (Å²) >= 11 is 0. The van der Waals surface area contributed by atoms with Crippen LogP contribution in [0.1, 0.15) is 16.7 Å². The first kappa shape index (κ1) is 29.1. The van der Waals surface area contributed by atoms with Gasteiger partial charge in [0, 0.05) is 16.8 Å². The second-order valence-electron chi connectivity index (χ2n) is 9.17. The molecule has 206 valence electrons. The fourth-order valence-corrected chi connectivity index (χ4v) is 4.26. The molecule has 5 nitrogen and oxygen atoms in total. The number of aliphatic imine (C=N–C) groups is 2. The van der Waals surface area contributed by atoms with E-state index in [2.05, 4.69) is 48.2 Å². The maximum Gasteiger partial charge on any atom is 0.146 e. The molecule has 5 rings (SSSR count). The lowest BCUT2D eigenvalue weighted by atomic mass is 10.1. The normalized spacial score (nSPS) is 11.4. The molecule has 6 heteroatoms. The zero-order chi connectivity index (χ0) is 27.7. The van der Waals surface area contributed by atoms with Gasteiger partial charge in [0.2, 0.25) is 0 Å². The number of ether oxygens (including phenoxy) is 2. The molecule has 0 aromatic heterocycles. The Morgan fingerprint density at radius 3 is 1.32 bits per heavy atom. The monoisotopic (exact) mass is 561 g/mol. The summed E-state index contributed by atoms with van der Waals surface area (Å²) < 4.78 is 10.9. The zero-order valence-electron chi connectivity index (χ0n) is 23.3. The highest BCUT2D eigenvalue weighted by Gasteiger charge is 2.24. The molecular weight excluding hydrogens is 530 g/mol. The molecule has 0 heterocycles. The standard InChI is InChI=1S/C35H31N3O2.ClH/c1-26-14-16-29(17-15-26)36-34(27-10-6-4-7-11-27)38(31-20-24-33(40-3)25-21-31)35(28-12-8-5-9-13-28)37-30-18-22-32(39-2)23-19-30;/h4-25H,1-3H3;1H. The summed E-state index contributed by atoms with van der Waals surface area (Å²) in [4.78, 5) is 12.5. The molecule has 5 aromatic rings. The summed E-state index contributed by atoms with van der Waals surface area (Å²) in [6.45, 7) is 2.07. The predicted octanol–water partition coefficient (Wildman–Crippen LogP) is 8.80. The summed E-state index contributed by atoms with van der Waals surface area (Å²) in [7, 11) is 3.33. The predicted molar refractivity (Wildman–Crippen MR) is 172 cm³/mol. The van der Waals surface area contributed by atoms with Gasteiger partial charge < -0.3 is 9.47 Å². The second-order valence-corrected chi connectivity index (χ2v) is 9.17. The van der Waals surface area contributed by atoms with Crippen molar-refractivity contribution >= 4 is 41.1 Å². The van der Waals surface area contributed by atoms with Gasteiger partial charge in [-0.3, -0.25) is 4.90 Å². The van der Waals surface area contributed by atoms with E-state index in [1.54, 1.807) is 14.2 Å². The third-order valence-electron chi connectivity index (χ3n) is 6.39. The number of aryl methyl sites for hydroxylation is 1. The number of halogens is 1. The molecule has 0 radical (unpaired) electrons. The van der Waals surface area contributed by atoms with Crippen molar-refractivity contribution in [2.24, 2.45) is 9.98 Å². The zero-order valence-corrected chi connectivity index (χ0v) is 24.1. The molecule has 0 bridgehead atoms. The summed E-state index contributed by atoms with van der Waals surface area (Å²) in [5.74, 6) is 3.02. The molecule has 0 unspecified atom stereocenters. The minimum atomic E-state index is 0. The van der Waals surface area contributed by atoms with Gasteiger partial charge in [-0.25, -0.2) is 9.98 Å². The van der Waals surface area contributed by atoms with Crippen LogP contribution in [0.3, 0.4) is 0 Å². The van der Waals surface area contributed by atoms with Gasteiger partial charge in [0.25, 0.3) is 0 Å². The molecular formula is C35H32ClN3O2. The first-order chi connectivity index (χ1) is 19.6. The maximum atomic E-state index is 5.47. The molecule has 5 aromatic carbocycles. The van der Waals surface area contributed by atoms with Crippen LogP contribution < -0.4 is 14.4 Å². The molecule has 0 N–H and O–H groups in total. The quantitative estimate of drug-likeness (QED) is 0.147. The molecule has 0 aliphatic heterocycles. The molecule has 0 aliphatic rings. The van der Waals surface area contributed by atoms with Crippen molar-refractivity contribution in [2.75, 3.05) is 19.1 Å². The topological polar surface area (TPSA) is 46.4 Å². The van der Waals surface area contributed by atoms with Crippen molar-refractivity contribution in [3.8, 4) is 11.5 Å². The fourth-order valence-electron chi connectivity index (χ4n) is 4.26. The number of hydrogen-bond donors (Lipinski definition) is 0. The van der Waals surface area contributed by atoms with Gasteiger partial charge in [-0.2, -0.15) is 0 Å². The van der Waals surface area contributed by atoms with Crippen LogP contribution in [0.2, 0.25) is 0 Å². The van der Waals surface area contributed by atoms with Crippen molar-refractivity contribution in [3.63, 3.8) is 0 Å². The highest BCUT2D eigenvalue weighted by Crippen LogP contribution is 2.28. The summed E-state index contributed by atoms with van der Waals surface area (Å²) in [6.07, 6.45) is 0. The molecule has 0 atom stereocenters. The van der Waals surface area contributed by atoms with Crippen molar-refractivity contribution < 1.29 is 9.47 Å². The Hall–Kier alpha value is -4.87. The number of amidine groups is 2. The average Bonchev–Trinajstić information content (AvgIpc) is 3.02. The van der Waals surface area contributed by atoms with E-state index in [4.69, 9.17) is 19.5 Å². The Bertz CT molecular complexity index is 1580. The van der Waals surface area contributed by atoms with Gasteiger partial charge in [-0.15, -0.1) is 12.4 Å². The Morgan fingerprint density at radius 2 is 0.902 bits per heavy atom. The SMILES string of the molecule is COc1ccc(N=C(c2ccccc2)N(C(=Nc2ccc(C)cc2)c2ccccc2)c2ccc(OC)cc2)cc1.Cl. The average molecular weight is 562 g/mol. The highest BCUT2D eigenvalue weighted by molar-refractivity contribution is 6.30. The van der Waals surface area contributed by atoms with E-state index in [0.29, 0.717) is 0 Å². The summed E-state index contributed by atoms with van der Waals surface area (Å²) in [5.41, 5.74) is 5.62. The molecule has 41 heavy (non-hydrogen) atoms. The van der Waals surface area contributed by atoms with Crippen molar-refractivity contribution in [1.82, 2.24) is 0 Å². The number of methoxy groups -OCH3 is 2. The largest absolute Gasteiger partial charge is 0.497 e. The third-order valence-corrected chi connectivity index (χ3v) is 6.39. The van der Waals surface area contributed by atoms with E-state index >= 15 is 0 Å². The van der Waals surface area contributed by atoms with E-state index in [1.165, 1.54) is 5.56 Å². The van der Waals surface area contributed by atoms with Crippen molar-refractivity contribution in [3.05, 3.63) is 150 Å². The lowest BCUT2D eigenvalue weighted by Crippen LogP contribution is -2.38.